The van der Waals surface area contributed by atoms with E-state index in [0.29, 0.717) is 23.7 Å². The van der Waals surface area contributed by atoms with E-state index < -0.39 is 35.8 Å². The standard InChI is InChI=1S/C22H28FN5O4/c23-16-9-14-15(22(32)28(21(14)31)17-1-2-19(29)25-20(17)30)10-18(16)27-6-3-13(12-27)11-26-7-4-24-5-8-26/h9-10,13,17,22,24,32H,1-8,11-12H2,(H,25,29,30). The fourth-order valence-electron chi connectivity index (χ4n) is 5.34. The van der Waals surface area contributed by atoms with Gasteiger partial charge in [-0.15, -0.1) is 0 Å². The minimum Gasteiger partial charge on any atom is -0.369 e. The van der Waals surface area contributed by atoms with Crippen molar-refractivity contribution in [2.45, 2.75) is 31.5 Å². The van der Waals surface area contributed by atoms with Crippen molar-refractivity contribution in [2.24, 2.45) is 5.92 Å². The van der Waals surface area contributed by atoms with Gasteiger partial charge >= 0.3 is 0 Å². The van der Waals surface area contributed by atoms with Crippen LogP contribution in [-0.2, 0) is 9.59 Å². The Balaban J connectivity index is 1.33. The number of rotatable bonds is 4. The van der Waals surface area contributed by atoms with Crippen LogP contribution < -0.4 is 15.5 Å². The Kier molecular flexibility index (Phi) is 5.60. The van der Waals surface area contributed by atoms with Gasteiger partial charge in [-0.3, -0.25) is 24.6 Å². The second-order valence-corrected chi connectivity index (χ2v) is 9.10. The van der Waals surface area contributed by atoms with Gasteiger partial charge in [0.1, 0.15) is 11.9 Å². The average molecular weight is 445 g/mol. The molecule has 4 aliphatic rings. The van der Waals surface area contributed by atoms with Gasteiger partial charge in [-0.05, 0) is 30.9 Å². The van der Waals surface area contributed by atoms with Gasteiger partial charge in [0.2, 0.25) is 11.8 Å². The molecule has 4 aliphatic heterocycles. The highest BCUT2D eigenvalue weighted by atomic mass is 19.1. The lowest BCUT2D eigenvalue weighted by molar-refractivity contribution is -0.139. The van der Waals surface area contributed by atoms with E-state index >= 15 is 4.39 Å². The summed E-state index contributed by atoms with van der Waals surface area (Å²) >= 11 is 0. The second-order valence-electron chi connectivity index (χ2n) is 9.10. The zero-order valence-corrected chi connectivity index (χ0v) is 17.8. The monoisotopic (exact) mass is 445 g/mol. The predicted molar refractivity (Wildman–Crippen MR) is 113 cm³/mol. The number of benzene rings is 1. The molecule has 3 saturated heterocycles. The SMILES string of the molecule is O=C1CCC(N2C(=O)c3cc(F)c(N4CCC(CN5CCNCC5)C4)cc3C2O)C(=O)N1. The molecule has 1 aromatic rings. The maximum atomic E-state index is 15.0. The van der Waals surface area contributed by atoms with Crippen molar-refractivity contribution in [2.75, 3.05) is 50.7 Å². The number of halogens is 1. The Labute approximate surface area is 185 Å². The first-order valence-corrected chi connectivity index (χ1v) is 11.3. The highest BCUT2D eigenvalue weighted by Gasteiger charge is 2.45. The number of imide groups is 1. The number of nitrogens with one attached hydrogen (secondary N) is 2. The molecule has 9 nitrogen and oxygen atoms in total. The number of hydrogen-bond donors (Lipinski definition) is 3. The van der Waals surface area contributed by atoms with E-state index in [-0.39, 0.29) is 18.4 Å². The number of carbonyl (C=O) groups is 3. The fraction of sp³-hybridized carbons (Fsp3) is 0.591. The summed E-state index contributed by atoms with van der Waals surface area (Å²) in [6.45, 7) is 6.45. The summed E-state index contributed by atoms with van der Waals surface area (Å²) in [6, 6.07) is 1.77. The largest absolute Gasteiger partial charge is 0.369 e. The minimum absolute atomic E-state index is 0.0695. The first kappa shape index (κ1) is 21.3. The van der Waals surface area contributed by atoms with Gasteiger partial charge in [0, 0.05) is 57.8 Å². The van der Waals surface area contributed by atoms with Crippen molar-refractivity contribution in [1.82, 2.24) is 20.4 Å². The summed E-state index contributed by atoms with van der Waals surface area (Å²) in [6.07, 6.45) is -0.161. The summed E-state index contributed by atoms with van der Waals surface area (Å²) in [5.74, 6) is -1.67. The van der Waals surface area contributed by atoms with Crippen LogP contribution in [-0.4, -0.2) is 84.5 Å². The first-order chi connectivity index (χ1) is 15.4. The quantitative estimate of drug-likeness (QED) is 0.552. The molecule has 3 unspecified atom stereocenters. The molecule has 0 spiro atoms. The lowest BCUT2D eigenvalue weighted by Crippen LogP contribution is -2.53. The topological polar surface area (TPSA) is 105 Å². The van der Waals surface area contributed by atoms with Gasteiger partial charge in [-0.2, -0.15) is 0 Å². The van der Waals surface area contributed by atoms with Crippen molar-refractivity contribution in [3.05, 3.63) is 29.1 Å². The average Bonchev–Trinajstić information content (AvgIpc) is 3.32. The van der Waals surface area contributed by atoms with Crippen molar-refractivity contribution < 1.29 is 23.9 Å². The van der Waals surface area contributed by atoms with Crippen molar-refractivity contribution >= 4 is 23.4 Å². The minimum atomic E-state index is -1.35. The maximum Gasteiger partial charge on any atom is 0.257 e. The zero-order chi connectivity index (χ0) is 22.4. The molecule has 172 valence electrons. The summed E-state index contributed by atoms with van der Waals surface area (Å²) in [7, 11) is 0. The molecule has 0 bridgehead atoms. The Morgan fingerprint density at radius 3 is 2.62 bits per heavy atom. The van der Waals surface area contributed by atoms with E-state index in [2.05, 4.69) is 15.5 Å². The van der Waals surface area contributed by atoms with Gasteiger partial charge in [-0.25, -0.2) is 4.39 Å². The van der Waals surface area contributed by atoms with Crippen LogP contribution in [0, 0.1) is 11.7 Å². The fourth-order valence-corrected chi connectivity index (χ4v) is 5.34. The molecular formula is C22H28FN5O4. The van der Waals surface area contributed by atoms with E-state index in [1.54, 1.807) is 6.07 Å². The predicted octanol–water partition coefficient (Wildman–Crippen LogP) is -0.191. The first-order valence-electron chi connectivity index (χ1n) is 11.3. The molecule has 0 radical (unpaired) electrons. The molecule has 3 fully saturated rings. The van der Waals surface area contributed by atoms with E-state index in [4.69, 9.17) is 0 Å². The molecule has 32 heavy (non-hydrogen) atoms. The number of piperazine rings is 1. The molecule has 0 saturated carbocycles. The van der Waals surface area contributed by atoms with E-state index in [9.17, 15) is 19.5 Å². The molecule has 4 heterocycles. The van der Waals surface area contributed by atoms with Crippen molar-refractivity contribution in [3.8, 4) is 0 Å². The van der Waals surface area contributed by atoms with Crippen molar-refractivity contribution in [1.29, 1.82) is 0 Å². The molecule has 10 heteroatoms. The van der Waals surface area contributed by atoms with E-state index in [0.717, 1.165) is 50.6 Å². The molecule has 3 amide bonds. The van der Waals surface area contributed by atoms with Crippen LogP contribution in [0.5, 0.6) is 0 Å². The van der Waals surface area contributed by atoms with E-state index in [1.807, 2.05) is 4.90 Å². The number of anilines is 1. The molecule has 5 rings (SSSR count). The van der Waals surface area contributed by atoms with Gasteiger partial charge in [0.25, 0.3) is 5.91 Å². The number of carbonyl (C=O) groups excluding carboxylic acids is 3. The lowest BCUT2D eigenvalue weighted by atomic mass is 10.0. The highest BCUT2D eigenvalue weighted by molar-refractivity contribution is 6.05. The van der Waals surface area contributed by atoms with Gasteiger partial charge in [0.15, 0.2) is 6.23 Å². The Morgan fingerprint density at radius 2 is 1.88 bits per heavy atom. The summed E-state index contributed by atoms with van der Waals surface area (Å²) in [5.41, 5.74) is 0.755. The van der Waals surface area contributed by atoms with E-state index in [1.165, 1.54) is 6.07 Å². The van der Waals surface area contributed by atoms with Crippen LogP contribution in [0.15, 0.2) is 12.1 Å². The summed E-state index contributed by atoms with van der Waals surface area (Å²) in [5, 5.41) is 16.4. The molecule has 3 N–H and O–H groups in total. The number of fused-ring (bicyclic) bond motifs is 1. The van der Waals surface area contributed by atoms with Crippen LogP contribution in [0.2, 0.25) is 0 Å². The van der Waals surface area contributed by atoms with Crippen molar-refractivity contribution in [3.63, 3.8) is 0 Å². The number of aliphatic hydroxyl groups excluding tert-OH is 1. The van der Waals surface area contributed by atoms with Crippen LogP contribution in [0.4, 0.5) is 10.1 Å². The molecular weight excluding hydrogens is 417 g/mol. The van der Waals surface area contributed by atoms with Crippen LogP contribution in [0.25, 0.3) is 0 Å². The van der Waals surface area contributed by atoms with Gasteiger partial charge < -0.3 is 20.2 Å². The summed E-state index contributed by atoms with van der Waals surface area (Å²) in [4.78, 5) is 42.1. The molecule has 0 aromatic heterocycles. The molecule has 1 aromatic carbocycles. The van der Waals surface area contributed by atoms with Gasteiger partial charge in [0.05, 0.1) is 11.3 Å². The number of hydrogen-bond acceptors (Lipinski definition) is 7. The van der Waals surface area contributed by atoms with Gasteiger partial charge in [-0.1, -0.05) is 0 Å². The maximum absolute atomic E-state index is 15.0. The molecule has 0 aliphatic carbocycles. The normalized spacial score (nSPS) is 28.9. The number of nitrogens with zero attached hydrogens (tertiary/aromatic N) is 3. The molecule has 3 atom stereocenters. The highest BCUT2D eigenvalue weighted by Crippen LogP contribution is 2.39. The zero-order valence-electron chi connectivity index (χ0n) is 17.8. The number of aliphatic hydroxyl groups is 1. The summed E-state index contributed by atoms with van der Waals surface area (Å²) < 4.78 is 15.0. The van der Waals surface area contributed by atoms with Crippen LogP contribution >= 0.6 is 0 Å². The Bertz CT molecular complexity index is 950. The van der Waals surface area contributed by atoms with Crippen LogP contribution in [0.3, 0.4) is 0 Å². The Hall–Kier alpha value is -2.56. The second kappa shape index (κ2) is 8.42. The third kappa shape index (κ3) is 3.76. The Morgan fingerprint density at radius 1 is 1.09 bits per heavy atom. The number of piperidine rings is 1. The lowest BCUT2D eigenvalue weighted by Gasteiger charge is -2.32. The smallest absolute Gasteiger partial charge is 0.257 e. The van der Waals surface area contributed by atoms with Crippen LogP contribution in [0.1, 0.15) is 41.4 Å². The third-order valence-electron chi connectivity index (χ3n) is 7.02. The third-order valence-corrected chi connectivity index (χ3v) is 7.02. The number of amides is 3.